The summed E-state index contributed by atoms with van der Waals surface area (Å²) in [7, 11) is -1.22. The Morgan fingerprint density at radius 3 is 2.89 bits per heavy atom. The second-order valence-electron chi connectivity index (χ2n) is 4.87. The minimum Gasteiger partial charge on any atom is -0.380 e. The smallest absolute Gasteiger partial charge is 0.150 e. The predicted molar refractivity (Wildman–Crippen MR) is 70.8 cm³/mol. The number of rotatable bonds is 4. The summed E-state index contributed by atoms with van der Waals surface area (Å²) in [5, 5.41) is 0. The zero-order valence-corrected chi connectivity index (χ0v) is 11.3. The summed E-state index contributed by atoms with van der Waals surface area (Å²) in [6, 6.07) is 7.66. The van der Waals surface area contributed by atoms with Gasteiger partial charge in [0.25, 0.3) is 0 Å². The fourth-order valence-electron chi connectivity index (χ4n) is 2.44. The Labute approximate surface area is 108 Å². The van der Waals surface area contributed by atoms with Crippen LogP contribution in [0.25, 0.3) is 0 Å². The van der Waals surface area contributed by atoms with E-state index in [1.807, 2.05) is 24.3 Å². The quantitative estimate of drug-likeness (QED) is 0.893. The molecule has 100 valence electrons. The monoisotopic (exact) mass is 269 g/mol. The Morgan fingerprint density at radius 2 is 2.28 bits per heavy atom. The summed E-state index contributed by atoms with van der Waals surface area (Å²) in [6.07, 6.45) is 0.665. The highest BCUT2D eigenvalue weighted by molar-refractivity contribution is 7.91. The molecule has 0 aromatic heterocycles. The average molecular weight is 269 g/mol. The molecule has 4 nitrogen and oxygen atoms in total. The van der Waals surface area contributed by atoms with Gasteiger partial charge in [0.05, 0.1) is 18.1 Å². The molecule has 1 aromatic rings. The van der Waals surface area contributed by atoms with Crippen molar-refractivity contribution in [2.24, 2.45) is 11.7 Å². The lowest BCUT2D eigenvalue weighted by Crippen LogP contribution is -2.22. The van der Waals surface area contributed by atoms with Crippen LogP contribution >= 0.6 is 0 Å². The standard InChI is InChI=1S/C13H19NO3S/c1-17-8-10-3-2-4-11(7-10)13(14)12-5-6-18(15,16)9-12/h2-4,7,12-13H,5-6,8-9,14H2,1H3. The van der Waals surface area contributed by atoms with E-state index in [0.29, 0.717) is 13.0 Å². The molecule has 1 aromatic carbocycles. The van der Waals surface area contributed by atoms with Gasteiger partial charge in [-0.1, -0.05) is 24.3 Å². The topological polar surface area (TPSA) is 69.4 Å². The number of sulfone groups is 1. The zero-order valence-electron chi connectivity index (χ0n) is 10.5. The Morgan fingerprint density at radius 1 is 1.50 bits per heavy atom. The summed E-state index contributed by atoms with van der Waals surface area (Å²) in [5.74, 6) is 0.513. The molecule has 1 saturated heterocycles. The highest BCUT2D eigenvalue weighted by Gasteiger charge is 2.32. The second-order valence-corrected chi connectivity index (χ2v) is 7.10. The summed E-state index contributed by atoms with van der Waals surface area (Å²) in [5.41, 5.74) is 8.23. The van der Waals surface area contributed by atoms with E-state index in [1.54, 1.807) is 7.11 Å². The SMILES string of the molecule is COCc1cccc(C(N)C2CCS(=O)(=O)C2)c1. The second kappa shape index (κ2) is 5.38. The van der Waals surface area contributed by atoms with E-state index < -0.39 is 9.84 Å². The van der Waals surface area contributed by atoms with Crippen molar-refractivity contribution in [1.82, 2.24) is 0 Å². The third-order valence-corrected chi connectivity index (χ3v) is 5.22. The summed E-state index contributed by atoms with van der Waals surface area (Å²) in [6.45, 7) is 0.545. The van der Waals surface area contributed by atoms with Crippen LogP contribution in [0, 0.1) is 5.92 Å². The molecule has 0 radical (unpaired) electrons. The van der Waals surface area contributed by atoms with Crippen LogP contribution in [0.5, 0.6) is 0 Å². The van der Waals surface area contributed by atoms with E-state index in [2.05, 4.69) is 0 Å². The van der Waals surface area contributed by atoms with Crippen molar-refractivity contribution in [3.05, 3.63) is 35.4 Å². The van der Waals surface area contributed by atoms with Gasteiger partial charge < -0.3 is 10.5 Å². The number of hydrogen-bond donors (Lipinski definition) is 1. The fourth-order valence-corrected chi connectivity index (χ4v) is 4.29. The third kappa shape index (κ3) is 3.10. The molecular weight excluding hydrogens is 250 g/mol. The number of hydrogen-bond acceptors (Lipinski definition) is 4. The molecule has 0 saturated carbocycles. The van der Waals surface area contributed by atoms with E-state index in [1.165, 1.54) is 0 Å². The van der Waals surface area contributed by atoms with Crippen LogP contribution in [-0.4, -0.2) is 27.0 Å². The molecule has 5 heteroatoms. The van der Waals surface area contributed by atoms with Gasteiger partial charge in [0, 0.05) is 13.2 Å². The van der Waals surface area contributed by atoms with E-state index in [0.717, 1.165) is 11.1 Å². The van der Waals surface area contributed by atoms with E-state index in [-0.39, 0.29) is 23.5 Å². The molecule has 1 fully saturated rings. The molecule has 1 aliphatic heterocycles. The molecule has 1 aliphatic rings. The summed E-state index contributed by atoms with van der Waals surface area (Å²) >= 11 is 0. The molecule has 2 rings (SSSR count). The summed E-state index contributed by atoms with van der Waals surface area (Å²) in [4.78, 5) is 0. The molecule has 18 heavy (non-hydrogen) atoms. The van der Waals surface area contributed by atoms with Crippen molar-refractivity contribution < 1.29 is 13.2 Å². The highest BCUT2D eigenvalue weighted by Crippen LogP contribution is 2.29. The zero-order chi connectivity index (χ0) is 13.2. The van der Waals surface area contributed by atoms with Gasteiger partial charge in [0.2, 0.25) is 0 Å². The van der Waals surface area contributed by atoms with Crippen LogP contribution in [0.4, 0.5) is 0 Å². The van der Waals surface area contributed by atoms with Gasteiger partial charge in [-0.25, -0.2) is 8.42 Å². The van der Waals surface area contributed by atoms with Crippen LogP contribution in [0.3, 0.4) is 0 Å². The molecule has 0 bridgehead atoms. The van der Waals surface area contributed by atoms with Crippen molar-refractivity contribution in [1.29, 1.82) is 0 Å². The summed E-state index contributed by atoms with van der Waals surface area (Å²) < 4.78 is 28.0. The maximum atomic E-state index is 11.5. The normalized spacial score (nSPS) is 24.0. The van der Waals surface area contributed by atoms with E-state index in [9.17, 15) is 8.42 Å². The Balaban J connectivity index is 2.13. The van der Waals surface area contributed by atoms with Gasteiger partial charge in [-0.15, -0.1) is 0 Å². The first-order valence-electron chi connectivity index (χ1n) is 6.05. The van der Waals surface area contributed by atoms with Gasteiger partial charge in [0.15, 0.2) is 9.84 Å². The van der Waals surface area contributed by atoms with Crippen LogP contribution in [0.1, 0.15) is 23.6 Å². The Hall–Kier alpha value is -0.910. The first-order chi connectivity index (χ1) is 8.52. The fraction of sp³-hybridized carbons (Fsp3) is 0.538. The van der Waals surface area contributed by atoms with Crippen LogP contribution in [-0.2, 0) is 21.2 Å². The number of benzene rings is 1. The lowest BCUT2D eigenvalue weighted by Gasteiger charge is -2.18. The largest absolute Gasteiger partial charge is 0.380 e. The maximum Gasteiger partial charge on any atom is 0.150 e. The molecular formula is C13H19NO3S. The number of ether oxygens (including phenoxy) is 1. The third-order valence-electron chi connectivity index (χ3n) is 3.42. The molecule has 2 N–H and O–H groups in total. The molecule has 0 amide bonds. The van der Waals surface area contributed by atoms with Crippen molar-refractivity contribution in [2.45, 2.75) is 19.1 Å². The van der Waals surface area contributed by atoms with Gasteiger partial charge in [-0.05, 0) is 23.5 Å². The average Bonchev–Trinajstić information content (AvgIpc) is 2.70. The molecule has 2 unspecified atom stereocenters. The van der Waals surface area contributed by atoms with Crippen molar-refractivity contribution in [2.75, 3.05) is 18.6 Å². The molecule has 2 atom stereocenters. The van der Waals surface area contributed by atoms with Gasteiger partial charge in [-0.3, -0.25) is 0 Å². The maximum absolute atomic E-state index is 11.5. The number of methoxy groups -OCH3 is 1. The van der Waals surface area contributed by atoms with Crippen molar-refractivity contribution in [3.63, 3.8) is 0 Å². The molecule has 1 heterocycles. The molecule has 0 spiro atoms. The van der Waals surface area contributed by atoms with Crippen LogP contribution < -0.4 is 5.73 Å². The van der Waals surface area contributed by atoms with Crippen LogP contribution in [0.2, 0.25) is 0 Å². The van der Waals surface area contributed by atoms with Gasteiger partial charge in [-0.2, -0.15) is 0 Å². The van der Waals surface area contributed by atoms with E-state index >= 15 is 0 Å². The van der Waals surface area contributed by atoms with Crippen molar-refractivity contribution >= 4 is 9.84 Å². The van der Waals surface area contributed by atoms with Gasteiger partial charge >= 0.3 is 0 Å². The first-order valence-corrected chi connectivity index (χ1v) is 7.88. The van der Waals surface area contributed by atoms with Gasteiger partial charge in [0.1, 0.15) is 0 Å². The minimum absolute atomic E-state index is 0.0350. The highest BCUT2D eigenvalue weighted by atomic mass is 32.2. The van der Waals surface area contributed by atoms with Crippen molar-refractivity contribution in [3.8, 4) is 0 Å². The predicted octanol–water partition coefficient (Wildman–Crippen LogP) is 1.27. The molecule has 0 aliphatic carbocycles. The number of nitrogens with two attached hydrogens (primary N) is 1. The Kier molecular flexibility index (Phi) is 4.04. The Bertz CT molecular complexity index is 513. The first kappa shape index (κ1) is 13.5. The minimum atomic E-state index is -2.87. The van der Waals surface area contributed by atoms with Crippen LogP contribution in [0.15, 0.2) is 24.3 Å². The van der Waals surface area contributed by atoms with E-state index in [4.69, 9.17) is 10.5 Å². The lowest BCUT2D eigenvalue weighted by atomic mass is 9.92. The lowest BCUT2D eigenvalue weighted by molar-refractivity contribution is 0.185.